The van der Waals surface area contributed by atoms with Crippen molar-refractivity contribution in [3.63, 3.8) is 0 Å². The summed E-state index contributed by atoms with van der Waals surface area (Å²) < 4.78 is 10.7. The van der Waals surface area contributed by atoms with Crippen LogP contribution in [0.25, 0.3) is 11.1 Å². The second kappa shape index (κ2) is 6.85. The minimum absolute atomic E-state index is 0.136. The second-order valence-corrected chi connectivity index (χ2v) is 5.82. The average Bonchev–Trinajstić information content (AvgIpc) is 2.95. The number of halogens is 1. The lowest BCUT2D eigenvalue weighted by Gasteiger charge is -2.05. The van der Waals surface area contributed by atoms with Crippen LogP contribution in [0.4, 0.5) is 0 Å². The van der Waals surface area contributed by atoms with E-state index in [2.05, 4.69) is 4.98 Å². The zero-order valence-electron chi connectivity index (χ0n) is 11.5. The van der Waals surface area contributed by atoms with Crippen molar-refractivity contribution in [2.24, 2.45) is 0 Å². The number of ether oxygens (including phenoxy) is 1. The Bertz CT molecular complexity index is 770. The lowest BCUT2D eigenvalue weighted by atomic mass is 10.2. The number of hydrogen-bond acceptors (Lipinski definition) is 5. The van der Waals surface area contributed by atoms with Crippen LogP contribution in [0.1, 0.15) is 5.56 Å². The molecule has 6 heteroatoms. The molecule has 1 aromatic heterocycles. The van der Waals surface area contributed by atoms with E-state index in [9.17, 15) is 4.79 Å². The Balaban J connectivity index is 1.53. The molecule has 0 aliphatic heterocycles. The van der Waals surface area contributed by atoms with Gasteiger partial charge in [-0.2, -0.15) is 0 Å². The van der Waals surface area contributed by atoms with Crippen molar-refractivity contribution in [1.82, 2.24) is 4.98 Å². The van der Waals surface area contributed by atoms with E-state index in [0.29, 0.717) is 15.8 Å². The number of oxazole rings is 1. The fourth-order valence-electron chi connectivity index (χ4n) is 1.85. The molecule has 0 aliphatic carbocycles. The van der Waals surface area contributed by atoms with E-state index in [1.165, 1.54) is 11.8 Å². The van der Waals surface area contributed by atoms with Crippen molar-refractivity contribution < 1.29 is 13.9 Å². The number of fused-ring (bicyclic) bond motifs is 1. The fraction of sp³-hybridized carbons (Fsp3) is 0.125. The molecular formula is C16H12ClNO3S. The molecule has 22 heavy (non-hydrogen) atoms. The van der Waals surface area contributed by atoms with Gasteiger partial charge in [-0.1, -0.05) is 53.7 Å². The average molecular weight is 334 g/mol. The third-order valence-electron chi connectivity index (χ3n) is 2.93. The summed E-state index contributed by atoms with van der Waals surface area (Å²) in [6, 6.07) is 14.7. The Morgan fingerprint density at radius 2 is 1.95 bits per heavy atom. The number of aromatic nitrogens is 1. The monoisotopic (exact) mass is 333 g/mol. The summed E-state index contributed by atoms with van der Waals surface area (Å²) in [6.07, 6.45) is 0. The van der Waals surface area contributed by atoms with Gasteiger partial charge in [-0.05, 0) is 18.2 Å². The van der Waals surface area contributed by atoms with Crippen LogP contribution in [0.5, 0.6) is 0 Å². The van der Waals surface area contributed by atoms with Crippen LogP contribution >= 0.6 is 23.4 Å². The summed E-state index contributed by atoms with van der Waals surface area (Å²) >= 11 is 7.21. The van der Waals surface area contributed by atoms with Crippen molar-refractivity contribution in [1.29, 1.82) is 0 Å². The Labute approximate surface area is 136 Å². The van der Waals surface area contributed by atoms with Gasteiger partial charge in [-0.3, -0.25) is 4.79 Å². The first-order valence-corrected chi connectivity index (χ1v) is 7.96. The smallest absolute Gasteiger partial charge is 0.316 e. The molecule has 0 bridgehead atoms. The highest BCUT2D eigenvalue weighted by Crippen LogP contribution is 2.23. The number of carbonyl (C=O) groups excluding carboxylic acids is 1. The topological polar surface area (TPSA) is 52.3 Å². The lowest BCUT2D eigenvalue weighted by Crippen LogP contribution is -2.07. The van der Waals surface area contributed by atoms with Crippen molar-refractivity contribution >= 4 is 40.4 Å². The molecule has 0 aliphatic rings. The quantitative estimate of drug-likeness (QED) is 0.514. The van der Waals surface area contributed by atoms with Gasteiger partial charge in [-0.15, -0.1) is 0 Å². The third kappa shape index (κ3) is 3.61. The summed E-state index contributed by atoms with van der Waals surface area (Å²) in [7, 11) is 0. The van der Waals surface area contributed by atoms with Gasteiger partial charge in [0.1, 0.15) is 17.9 Å². The van der Waals surface area contributed by atoms with Crippen molar-refractivity contribution in [2.45, 2.75) is 11.8 Å². The van der Waals surface area contributed by atoms with Gasteiger partial charge in [0.05, 0.1) is 0 Å². The molecule has 112 valence electrons. The molecule has 4 nitrogen and oxygen atoms in total. The molecular weight excluding hydrogens is 322 g/mol. The minimum Gasteiger partial charge on any atom is -0.460 e. The molecule has 0 spiro atoms. The Kier molecular flexibility index (Phi) is 4.65. The van der Waals surface area contributed by atoms with Crippen LogP contribution in [-0.2, 0) is 16.1 Å². The van der Waals surface area contributed by atoms with Crippen molar-refractivity contribution in [2.75, 3.05) is 5.75 Å². The number of rotatable bonds is 5. The van der Waals surface area contributed by atoms with Gasteiger partial charge in [0, 0.05) is 10.6 Å². The van der Waals surface area contributed by atoms with Crippen LogP contribution in [0.3, 0.4) is 0 Å². The van der Waals surface area contributed by atoms with E-state index < -0.39 is 0 Å². The van der Waals surface area contributed by atoms with Crippen LogP contribution in [0.15, 0.2) is 58.2 Å². The second-order valence-electron chi connectivity index (χ2n) is 4.49. The zero-order chi connectivity index (χ0) is 15.4. The number of benzene rings is 2. The van der Waals surface area contributed by atoms with Gasteiger partial charge >= 0.3 is 5.97 Å². The number of para-hydroxylation sites is 2. The number of carbonyl (C=O) groups is 1. The maximum absolute atomic E-state index is 11.8. The molecule has 0 radical (unpaired) electrons. The Morgan fingerprint density at radius 3 is 2.77 bits per heavy atom. The summed E-state index contributed by atoms with van der Waals surface area (Å²) in [5.41, 5.74) is 2.26. The zero-order valence-corrected chi connectivity index (χ0v) is 13.1. The van der Waals surface area contributed by atoms with E-state index in [1.54, 1.807) is 6.07 Å². The fourth-order valence-corrected chi connectivity index (χ4v) is 2.68. The number of hydrogen-bond donors (Lipinski definition) is 0. The molecule has 0 saturated heterocycles. The van der Waals surface area contributed by atoms with Crippen LogP contribution in [0, 0.1) is 0 Å². The highest BCUT2D eigenvalue weighted by Gasteiger charge is 2.10. The molecule has 0 atom stereocenters. The van der Waals surface area contributed by atoms with E-state index in [0.717, 1.165) is 11.1 Å². The summed E-state index contributed by atoms with van der Waals surface area (Å²) in [6.45, 7) is 0.159. The van der Waals surface area contributed by atoms with Gasteiger partial charge in [-0.25, -0.2) is 4.98 Å². The largest absolute Gasteiger partial charge is 0.460 e. The molecule has 0 saturated carbocycles. The molecule has 2 aromatic carbocycles. The van der Waals surface area contributed by atoms with E-state index in [4.69, 9.17) is 20.8 Å². The first kappa shape index (κ1) is 14.9. The number of nitrogens with zero attached hydrogens (tertiary/aromatic N) is 1. The SMILES string of the molecule is O=C(CSc1nc2ccccc2o1)OCc1ccccc1Cl. The lowest BCUT2D eigenvalue weighted by molar-refractivity contribution is -0.141. The third-order valence-corrected chi connectivity index (χ3v) is 4.10. The first-order chi connectivity index (χ1) is 10.7. The Morgan fingerprint density at radius 1 is 1.18 bits per heavy atom. The summed E-state index contributed by atoms with van der Waals surface area (Å²) in [5, 5.41) is 1.04. The molecule has 3 rings (SSSR count). The number of esters is 1. The van der Waals surface area contributed by atoms with Gasteiger partial charge < -0.3 is 9.15 Å². The maximum atomic E-state index is 11.8. The molecule has 0 fully saturated rings. The minimum atomic E-state index is -0.341. The van der Waals surface area contributed by atoms with Crippen LogP contribution < -0.4 is 0 Å². The van der Waals surface area contributed by atoms with Gasteiger partial charge in [0.25, 0.3) is 5.22 Å². The highest BCUT2D eigenvalue weighted by molar-refractivity contribution is 7.99. The van der Waals surface area contributed by atoms with Gasteiger partial charge in [0.15, 0.2) is 5.58 Å². The van der Waals surface area contributed by atoms with Crippen LogP contribution in [-0.4, -0.2) is 16.7 Å². The molecule has 0 N–H and O–H groups in total. The first-order valence-electron chi connectivity index (χ1n) is 6.60. The van der Waals surface area contributed by atoms with Crippen molar-refractivity contribution in [3.05, 3.63) is 59.1 Å². The summed E-state index contributed by atoms with van der Waals surface area (Å²) in [5.74, 6) is -0.204. The maximum Gasteiger partial charge on any atom is 0.316 e. The Hall–Kier alpha value is -1.98. The van der Waals surface area contributed by atoms with E-state index in [-0.39, 0.29) is 18.3 Å². The number of thioether (sulfide) groups is 1. The normalized spacial score (nSPS) is 10.8. The van der Waals surface area contributed by atoms with Gasteiger partial charge in [0.2, 0.25) is 0 Å². The van der Waals surface area contributed by atoms with E-state index in [1.807, 2.05) is 42.5 Å². The molecule has 1 heterocycles. The van der Waals surface area contributed by atoms with E-state index >= 15 is 0 Å². The van der Waals surface area contributed by atoms with Crippen LogP contribution in [0.2, 0.25) is 5.02 Å². The molecule has 0 amide bonds. The summed E-state index contributed by atoms with van der Waals surface area (Å²) in [4.78, 5) is 16.0. The standard InChI is InChI=1S/C16H12ClNO3S/c17-12-6-2-1-5-11(12)9-20-15(19)10-22-16-18-13-7-3-4-8-14(13)21-16/h1-8H,9-10H2. The predicted octanol–water partition coefficient (Wildman–Crippen LogP) is 4.32. The highest BCUT2D eigenvalue weighted by atomic mass is 35.5. The van der Waals surface area contributed by atoms with Crippen molar-refractivity contribution in [3.8, 4) is 0 Å². The molecule has 3 aromatic rings. The predicted molar refractivity (Wildman–Crippen MR) is 86.0 cm³/mol. The molecule has 0 unspecified atom stereocenters.